The van der Waals surface area contributed by atoms with Crippen molar-refractivity contribution in [3.8, 4) is 0 Å². The first-order valence-electron chi connectivity index (χ1n) is 5.25. The molecule has 0 unspecified atom stereocenters. The maximum absolute atomic E-state index is 11.9. The highest BCUT2D eigenvalue weighted by atomic mass is 35.5. The first-order valence-corrected chi connectivity index (χ1v) is 6.73. The van der Waals surface area contributed by atoms with Crippen molar-refractivity contribution in [2.45, 2.75) is 18.7 Å². The summed E-state index contributed by atoms with van der Waals surface area (Å²) < 4.78 is 26.2. The smallest absolute Gasteiger partial charge is 0.271 e. The fraction of sp³-hybridized carbons (Fsp3) is 0.400. The van der Waals surface area contributed by atoms with E-state index in [0.717, 1.165) is 6.07 Å². The number of nitro groups is 1. The van der Waals surface area contributed by atoms with E-state index in [1.54, 1.807) is 13.8 Å². The summed E-state index contributed by atoms with van der Waals surface area (Å²) in [4.78, 5) is 10.0. The van der Waals surface area contributed by atoms with Gasteiger partial charge in [0.2, 0.25) is 10.0 Å². The third-order valence-corrected chi connectivity index (χ3v) is 4.13. The molecule has 0 atom stereocenters. The van der Waals surface area contributed by atoms with E-state index in [-0.39, 0.29) is 36.1 Å². The van der Waals surface area contributed by atoms with Crippen molar-refractivity contribution in [1.29, 1.82) is 0 Å². The molecular formula is C10H16ClN3O4S. The van der Waals surface area contributed by atoms with Gasteiger partial charge in [-0.1, -0.05) is 0 Å². The average Bonchev–Trinajstić information content (AvgIpc) is 2.29. The molecule has 108 valence electrons. The number of nitrogens with one attached hydrogen (secondary N) is 1. The van der Waals surface area contributed by atoms with E-state index < -0.39 is 14.9 Å². The maximum Gasteiger partial charge on any atom is 0.271 e. The van der Waals surface area contributed by atoms with E-state index >= 15 is 0 Å². The topological polar surface area (TPSA) is 115 Å². The van der Waals surface area contributed by atoms with Crippen LogP contribution < -0.4 is 10.5 Å². The number of hydrogen-bond acceptors (Lipinski definition) is 5. The molecule has 0 saturated carbocycles. The van der Waals surface area contributed by atoms with Crippen LogP contribution in [0.5, 0.6) is 0 Å². The van der Waals surface area contributed by atoms with Crippen LogP contribution in [0.25, 0.3) is 0 Å². The van der Waals surface area contributed by atoms with Crippen LogP contribution in [0.2, 0.25) is 0 Å². The highest BCUT2D eigenvalue weighted by Gasteiger charge is 2.21. The number of aryl methyl sites for hydroxylation is 1. The van der Waals surface area contributed by atoms with Gasteiger partial charge in [-0.3, -0.25) is 10.1 Å². The van der Waals surface area contributed by atoms with Gasteiger partial charge >= 0.3 is 0 Å². The van der Waals surface area contributed by atoms with E-state index in [1.807, 2.05) is 0 Å². The third-order valence-electron chi connectivity index (χ3n) is 2.54. The number of rotatable bonds is 5. The summed E-state index contributed by atoms with van der Waals surface area (Å²) in [6.45, 7) is 3.48. The van der Waals surface area contributed by atoms with Crippen LogP contribution in [0.3, 0.4) is 0 Å². The molecule has 0 spiro atoms. The number of nitrogens with zero attached hydrogens (tertiary/aromatic N) is 1. The van der Waals surface area contributed by atoms with Crippen LogP contribution in [-0.4, -0.2) is 26.4 Å². The zero-order valence-electron chi connectivity index (χ0n) is 10.5. The van der Waals surface area contributed by atoms with Crippen molar-refractivity contribution in [3.63, 3.8) is 0 Å². The number of halogens is 1. The van der Waals surface area contributed by atoms with Crippen molar-refractivity contribution < 1.29 is 13.3 Å². The predicted molar refractivity (Wildman–Crippen MR) is 74.1 cm³/mol. The van der Waals surface area contributed by atoms with Gasteiger partial charge in [0.25, 0.3) is 5.69 Å². The van der Waals surface area contributed by atoms with Crippen molar-refractivity contribution in [3.05, 3.63) is 33.4 Å². The van der Waals surface area contributed by atoms with E-state index in [4.69, 9.17) is 5.73 Å². The van der Waals surface area contributed by atoms with Gasteiger partial charge in [-0.05, 0) is 25.0 Å². The third kappa shape index (κ3) is 4.13. The molecule has 19 heavy (non-hydrogen) atoms. The van der Waals surface area contributed by atoms with E-state index in [9.17, 15) is 18.5 Å². The molecule has 1 aromatic rings. The Balaban J connectivity index is 0.00000324. The van der Waals surface area contributed by atoms with Gasteiger partial charge in [-0.2, -0.15) is 0 Å². The number of nitro benzene ring substituents is 1. The maximum atomic E-state index is 11.9. The van der Waals surface area contributed by atoms with Crippen LogP contribution >= 0.6 is 12.4 Å². The molecule has 9 heteroatoms. The Bertz CT molecular complexity index is 574. The molecule has 0 aliphatic carbocycles. The highest BCUT2D eigenvalue weighted by Crippen LogP contribution is 2.25. The van der Waals surface area contributed by atoms with Gasteiger partial charge in [-0.15, -0.1) is 12.4 Å². The van der Waals surface area contributed by atoms with Gasteiger partial charge in [0.15, 0.2) is 0 Å². The molecule has 0 aliphatic rings. The molecule has 0 aliphatic heterocycles. The normalized spacial score (nSPS) is 10.9. The van der Waals surface area contributed by atoms with Crippen molar-refractivity contribution in [2.24, 2.45) is 5.73 Å². The summed E-state index contributed by atoms with van der Waals surface area (Å²) in [6, 6.07) is 2.40. The van der Waals surface area contributed by atoms with Crippen molar-refractivity contribution in [1.82, 2.24) is 4.72 Å². The van der Waals surface area contributed by atoms with Crippen LogP contribution in [0.15, 0.2) is 17.0 Å². The molecule has 7 nitrogen and oxygen atoms in total. The van der Waals surface area contributed by atoms with Crippen LogP contribution in [-0.2, 0) is 10.0 Å². The molecule has 1 aromatic carbocycles. The summed E-state index contributed by atoms with van der Waals surface area (Å²) in [5.41, 5.74) is 6.02. The quantitative estimate of drug-likeness (QED) is 0.618. The molecule has 1 rings (SSSR count). The van der Waals surface area contributed by atoms with E-state index in [0.29, 0.717) is 11.1 Å². The zero-order chi connectivity index (χ0) is 13.9. The monoisotopic (exact) mass is 309 g/mol. The second-order valence-corrected chi connectivity index (χ2v) is 5.56. The molecule has 3 N–H and O–H groups in total. The summed E-state index contributed by atoms with van der Waals surface area (Å²) in [6.07, 6.45) is 0. The minimum absolute atomic E-state index is 0. The second kappa shape index (κ2) is 6.80. The molecule has 0 radical (unpaired) electrons. The average molecular weight is 310 g/mol. The van der Waals surface area contributed by atoms with Gasteiger partial charge < -0.3 is 5.73 Å². The van der Waals surface area contributed by atoms with Gasteiger partial charge in [0.05, 0.1) is 9.82 Å². The number of nitrogens with two attached hydrogens (primary N) is 1. The van der Waals surface area contributed by atoms with E-state index in [1.165, 1.54) is 6.07 Å². The summed E-state index contributed by atoms with van der Waals surface area (Å²) in [5, 5.41) is 10.7. The lowest BCUT2D eigenvalue weighted by atomic mass is 10.1. The Morgan fingerprint density at radius 1 is 1.37 bits per heavy atom. The number of non-ortho nitro benzene ring substituents is 1. The number of sulfonamides is 1. The molecule has 0 saturated heterocycles. The minimum Gasteiger partial charge on any atom is -0.329 e. The standard InChI is InChI=1S/C10H15N3O4S.ClH/c1-7-5-9(13(14)15)6-10(8(7)2)18(16,17)12-4-3-11;/h5-6,12H,3-4,11H2,1-2H3;1H. The lowest BCUT2D eigenvalue weighted by Crippen LogP contribution is -2.29. The summed E-state index contributed by atoms with van der Waals surface area (Å²) in [5.74, 6) is 0. The Morgan fingerprint density at radius 3 is 2.42 bits per heavy atom. The molecular weight excluding hydrogens is 294 g/mol. The fourth-order valence-corrected chi connectivity index (χ4v) is 2.85. The zero-order valence-corrected chi connectivity index (χ0v) is 12.2. The largest absolute Gasteiger partial charge is 0.329 e. The SMILES string of the molecule is Cc1cc([N+](=O)[O-])cc(S(=O)(=O)NCCN)c1C.Cl. The lowest BCUT2D eigenvalue weighted by Gasteiger charge is -2.10. The van der Waals surface area contributed by atoms with Crippen molar-refractivity contribution >= 4 is 28.1 Å². The second-order valence-electron chi connectivity index (χ2n) is 3.83. The Hall–Kier alpha value is -1.22. The number of benzene rings is 1. The van der Waals surface area contributed by atoms with Crippen molar-refractivity contribution in [2.75, 3.05) is 13.1 Å². The van der Waals surface area contributed by atoms with Crippen LogP contribution in [0, 0.1) is 24.0 Å². The molecule has 0 bridgehead atoms. The van der Waals surface area contributed by atoms with Crippen LogP contribution in [0.4, 0.5) is 5.69 Å². The summed E-state index contributed by atoms with van der Waals surface area (Å²) >= 11 is 0. The van der Waals surface area contributed by atoms with Gasteiger partial charge in [-0.25, -0.2) is 13.1 Å². The molecule has 0 amide bonds. The Kier molecular flexibility index (Phi) is 6.37. The fourth-order valence-electron chi connectivity index (χ4n) is 1.46. The lowest BCUT2D eigenvalue weighted by molar-refractivity contribution is -0.385. The van der Waals surface area contributed by atoms with Crippen LogP contribution in [0.1, 0.15) is 11.1 Å². The predicted octanol–water partition coefficient (Wildman–Crippen LogP) is 0.870. The first-order chi connectivity index (χ1) is 8.29. The minimum atomic E-state index is -3.77. The molecule has 0 fully saturated rings. The Morgan fingerprint density at radius 2 is 1.95 bits per heavy atom. The Labute approximate surface area is 117 Å². The van der Waals surface area contributed by atoms with Gasteiger partial charge in [0.1, 0.15) is 0 Å². The number of hydrogen-bond donors (Lipinski definition) is 2. The molecule has 0 heterocycles. The molecule has 0 aromatic heterocycles. The highest BCUT2D eigenvalue weighted by molar-refractivity contribution is 7.89. The first kappa shape index (κ1) is 17.8. The van der Waals surface area contributed by atoms with Gasteiger partial charge in [0, 0.05) is 25.2 Å². The summed E-state index contributed by atoms with van der Waals surface area (Å²) in [7, 11) is -3.77. The van der Waals surface area contributed by atoms with E-state index in [2.05, 4.69) is 4.72 Å².